The van der Waals surface area contributed by atoms with Crippen molar-refractivity contribution in [3.8, 4) is 0 Å². The number of carboxylic acid groups (broad SMARTS) is 3. The highest BCUT2D eigenvalue weighted by atomic mass is 16.4. The molecule has 0 saturated carbocycles. The second kappa shape index (κ2) is 27.9. The Hall–Kier alpha value is -6.64. The Morgan fingerprint density at radius 3 is 1.63 bits per heavy atom. The molecule has 382 valence electrons. The summed E-state index contributed by atoms with van der Waals surface area (Å²) in [6.45, 7) is 5.36. The molecule has 0 bridgehead atoms. The summed E-state index contributed by atoms with van der Waals surface area (Å²) in [6, 6.07) is -11.8. The molecule has 68 heavy (non-hydrogen) atoms. The molecular weight excluding hydrogens is 901 g/mol. The molecule has 2 aliphatic heterocycles. The van der Waals surface area contributed by atoms with Crippen molar-refractivity contribution < 1.29 is 73.2 Å². The van der Waals surface area contributed by atoms with Gasteiger partial charge in [-0.1, -0.05) is 13.8 Å². The van der Waals surface area contributed by atoms with E-state index < -0.39 is 145 Å². The molecule has 2 heterocycles. The minimum absolute atomic E-state index is 0.0128. The van der Waals surface area contributed by atoms with E-state index in [1.54, 1.807) is 13.8 Å². The maximum Gasteiger partial charge on any atom is 0.325 e. The third kappa shape index (κ3) is 18.6. The van der Waals surface area contributed by atoms with Crippen molar-refractivity contribution in [3.63, 3.8) is 0 Å². The van der Waals surface area contributed by atoms with Gasteiger partial charge in [-0.05, 0) is 77.6 Å². The lowest BCUT2D eigenvalue weighted by Crippen LogP contribution is -2.60. The highest BCUT2D eigenvalue weighted by Gasteiger charge is 2.41. The second-order valence-corrected chi connectivity index (χ2v) is 17.2. The number of rotatable bonds is 28. The van der Waals surface area contributed by atoms with Gasteiger partial charge in [0.1, 0.15) is 48.3 Å². The number of carbonyl (C=O) groups excluding carboxylic acids is 8. The first-order valence-corrected chi connectivity index (χ1v) is 22.4. The Labute approximate surface area is 392 Å². The standard InChI is InChI=1S/C41H68N12O15/c1-20(2)18-26(34(61)49-25(8-5-15-45-41(43)44)39(66)53-17-7-9-28(53)36(63)47-22(4)40(67)68)50-35(62)27(19-54)51-37(64)29-10-6-16-52(29)38(65)21(3)46-33(60)24(12-14-31(57)58)48-32(59)23(42)11-13-30(55)56/h20-29,54H,5-19,42H2,1-4H3,(H,46,60)(H,47,63)(H,48,59)(H,49,61)(H,50,62)(H,51,64)(H,55,56)(H,57,58)(H,67,68)(H4,43,44,45)/t21-,22-,23-,24-,25-,26-,27-,28-,29-/m0/s1. The minimum atomic E-state index is -1.64. The summed E-state index contributed by atoms with van der Waals surface area (Å²) in [6.07, 6.45) is -0.426. The first-order chi connectivity index (χ1) is 31.9. The summed E-state index contributed by atoms with van der Waals surface area (Å²) in [5.74, 6) is -10.9. The van der Waals surface area contributed by atoms with Crippen LogP contribution < -0.4 is 49.1 Å². The molecule has 27 heteroatoms. The summed E-state index contributed by atoms with van der Waals surface area (Å²) >= 11 is 0. The van der Waals surface area contributed by atoms with Crippen LogP contribution in [0.3, 0.4) is 0 Å². The van der Waals surface area contributed by atoms with Crippen molar-refractivity contribution in [2.75, 3.05) is 26.2 Å². The SMILES string of the molecule is CC(C)C[C@H](NC(=O)[C@H](CO)NC(=O)[C@@H]1CCCN1C(=O)[C@H](C)NC(=O)[C@H](CCC(=O)O)NC(=O)[C@@H](N)CCC(=O)O)C(=O)N[C@@H](CCCN=C(N)N)C(=O)N1CCC[C@H]1C(=O)N[C@@H](C)C(=O)O. The zero-order chi connectivity index (χ0) is 51.4. The Morgan fingerprint density at radius 1 is 0.603 bits per heavy atom. The molecule has 27 nitrogen and oxygen atoms in total. The quantitative estimate of drug-likeness (QED) is 0.0199. The van der Waals surface area contributed by atoms with Crippen molar-refractivity contribution >= 4 is 71.1 Å². The van der Waals surface area contributed by atoms with E-state index in [2.05, 4.69) is 36.9 Å². The van der Waals surface area contributed by atoms with Crippen LogP contribution in [-0.2, 0) is 52.7 Å². The Balaban J connectivity index is 2.21. The highest BCUT2D eigenvalue weighted by Crippen LogP contribution is 2.21. The summed E-state index contributed by atoms with van der Waals surface area (Å²) in [5, 5.41) is 52.3. The number of aliphatic hydroxyl groups excluding tert-OH is 1. The van der Waals surface area contributed by atoms with Crippen LogP contribution in [-0.4, -0.2) is 182 Å². The lowest BCUT2D eigenvalue weighted by atomic mass is 10.0. The lowest BCUT2D eigenvalue weighted by Gasteiger charge is -2.31. The Morgan fingerprint density at radius 2 is 1.10 bits per heavy atom. The largest absolute Gasteiger partial charge is 0.481 e. The zero-order valence-corrected chi connectivity index (χ0v) is 38.7. The molecule has 0 aliphatic carbocycles. The molecule has 2 fully saturated rings. The fraction of sp³-hybridized carbons (Fsp3) is 0.707. The van der Waals surface area contributed by atoms with Gasteiger partial charge in [0, 0.05) is 32.5 Å². The minimum Gasteiger partial charge on any atom is -0.481 e. The van der Waals surface area contributed by atoms with E-state index in [4.69, 9.17) is 22.3 Å². The fourth-order valence-corrected chi connectivity index (χ4v) is 7.50. The molecule has 0 unspecified atom stereocenters. The molecule has 0 aromatic carbocycles. The van der Waals surface area contributed by atoms with E-state index >= 15 is 0 Å². The van der Waals surface area contributed by atoms with Gasteiger partial charge in [-0.2, -0.15) is 0 Å². The summed E-state index contributed by atoms with van der Waals surface area (Å²) in [4.78, 5) is 148. The number of aliphatic carboxylic acids is 3. The van der Waals surface area contributed by atoms with Gasteiger partial charge in [0.25, 0.3) is 0 Å². The summed E-state index contributed by atoms with van der Waals surface area (Å²) in [7, 11) is 0. The van der Waals surface area contributed by atoms with Gasteiger partial charge < -0.3 is 79.3 Å². The zero-order valence-electron chi connectivity index (χ0n) is 38.7. The summed E-state index contributed by atoms with van der Waals surface area (Å²) in [5.41, 5.74) is 16.6. The van der Waals surface area contributed by atoms with Crippen molar-refractivity contribution in [2.24, 2.45) is 28.1 Å². The van der Waals surface area contributed by atoms with Crippen LogP contribution in [0.5, 0.6) is 0 Å². The van der Waals surface area contributed by atoms with Crippen LogP contribution in [0.15, 0.2) is 4.99 Å². The number of hydrogen-bond donors (Lipinski definition) is 13. The molecule has 0 aromatic heterocycles. The van der Waals surface area contributed by atoms with Gasteiger partial charge in [0.2, 0.25) is 47.3 Å². The molecule has 0 spiro atoms. The molecule has 9 atom stereocenters. The number of amides is 8. The normalized spacial score (nSPS) is 18.6. The lowest BCUT2D eigenvalue weighted by molar-refractivity contribution is -0.144. The van der Waals surface area contributed by atoms with Gasteiger partial charge in [-0.15, -0.1) is 0 Å². The van der Waals surface area contributed by atoms with Crippen molar-refractivity contribution in [1.29, 1.82) is 0 Å². The number of nitrogens with one attached hydrogen (secondary N) is 6. The third-order valence-corrected chi connectivity index (χ3v) is 11.1. The van der Waals surface area contributed by atoms with Gasteiger partial charge in [0.15, 0.2) is 5.96 Å². The Bertz CT molecular complexity index is 1880. The number of aliphatic imine (C=N–C) groups is 1. The average Bonchev–Trinajstić information content (AvgIpc) is 3.97. The molecule has 2 aliphatic rings. The van der Waals surface area contributed by atoms with Gasteiger partial charge in [-0.3, -0.25) is 57.7 Å². The molecule has 8 amide bonds. The first kappa shape index (κ1) is 57.5. The maximum atomic E-state index is 14.0. The van der Waals surface area contributed by atoms with Gasteiger partial charge >= 0.3 is 17.9 Å². The van der Waals surface area contributed by atoms with Gasteiger partial charge in [-0.25, -0.2) is 0 Å². The predicted octanol–water partition coefficient (Wildman–Crippen LogP) is -4.85. The van der Waals surface area contributed by atoms with Crippen LogP contribution in [0, 0.1) is 5.92 Å². The van der Waals surface area contributed by atoms with Crippen molar-refractivity contribution in [1.82, 2.24) is 41.7 Å². The van der Waals surface area contributed by atoms with Crippen molar-refractivity contribution in [2.45, 2.75) is 153 Å². The van der Waals surface area contributed by atoms with Crippen LogP contribution in [0.4, 0.5) is 0 Å². The molecule has 2 saturated heterocycles. The number of nitrogens with zero attached hydrogens (tertiary/aromatic N) is 3. The molecular formula is C41H68N12O15. The number of carbonyl (C=O) groups is 11. The number of hydrogen-bond acceptors (Lipinski definition) is 14. The highest BCUT2D eigenvalue weighted by molar-refractivity contribution is 5.98. The number of nitrogens with two attached hydrogens (primary N) is 3. The van der Waals surface area contributed by atoms with Gasteiger partial charge in [0.05, 0.1) is 12.6 Å². The topological polar surface area (TPSA) is 438 Å². The number of guanidine groups is 1. The van der Waals surface area contributed by atoms with E-state index in [1.165, 1.54) is 18.7 Å². The van der Waals surface area contributed by atoms with Crippen LogP contribution in [0.25, 0.3) is 0 Å². The van der Waals surface area contributed by atoms with Crippen LogP contribution in [0.1, 0.15) is 98.3 Å². The summed E-state index contributed by atoms with van der Waals surface area (Å²) < 4.78 is 0. The third-order valence-electron chi connectivity index (χ3n) is 11.1. The van der Waals surface area contributed by atoms with E-state index in [1.807, 2.05) is 0 Å². The monoisotopic (exact) mass is 968 g/mol. The molecule has 0 aromatic rings. The van der Waals surface area contributed by atoms with Crippen molar-refractivity contribution in [3.05, 3.63) is 0 Å². The second-order valence-electron chi connectivity index (χ2n) is 17.2. The van der Waals surface area contributed by atoms with Crippen LogP contribution in [0.2, 0.25) is 0 Å². The maximum absolute atomic E-state index is 14.0. The number of likely N-dealkylation sites (tertiary alicyclic amines) is 2. The van der Waals surface area contributed by atoms with Crippen LogP contribution >= 0.6 is 0 Å². The van der Waals surface area contributed by atoms with E-state index in [9.17, 15) is 68.1 Å². The number of carboxylic acids is 3. The molecule has 16 N–H and O–H groups in total. The van der Waals surface area contributed by atoms with E-state index in [0.717, 1.165) is 4.90 Å². The van der Waals surface area contributed by atoms with E-state index in [-0.39, 0.29) is 70.0 Å². The Kier molecular flexibility index (Phi) is 23.6. The van der Waals surface area contributed by atoms with E-state index in [0.29, 0.717) is 12.8 Å². The molecule has 2 rings (SSSR count). The average molecular weight is 969 g/mol. The number of aliphatic hydroxyl groups is 1. The first-order valence-electron chi connectivity index (χ1n) is 22.4. The smallest absolute Gasteiger partial charge is 0.325 e. The predicted molar refractivity (Wildman–Crippen MR) is 238 cm³/mol. The fourth-order valence-electron chi connectivity index (χ4n) is 7.50. The molecule has 0 radical (unpaired) electrons.